The molecule has 12 rings (SSSR count). The molecule has 5 N–H and O–H groups in total. The highest BCUT2D eigenvalue weighted by Gasteiger charge is 2.46. The lowest BCUT2D eigenvalue weighted by molar-refractivity contribution is -0.145. The molecule has 0 bridgehead atoms. The summed E-state index contributed by atoms with van der Waals surface area (Å²) in [6.45, 7) is 6.01. The molecule has 0 aliphatic carbocycles. The molecule has 9 heterocycles. The number of anilines is 3. The number of hydrogen-bond acceptors (Lipinski definition) is 17. The van der Waals surface area contributed by atoms with Crippen molar-refractivity contribution in [1.82, 2.24) is 63.6 Å². The molecule has 3 aromatic carbocycles. The van der Waals surface area contributed by atoms with Gasteiger partial charge in [-0.1, -0.05) is 36.4 Å². The van der Waals surface area contributed by atoms with Gasteiger partial charge in [0.05, 0.1) is 42.3 Å². The zero-order valence-corrected chi connectivity index (χ0v) is 40.9. The molecule has 2 unspecified atom stereocenters. The number of nitrogen functional groups attached to an aromatic ring is 2. The number of halogens is 2. The van der Waals surface area contributed by atoms with Crippen LogP contribution in [0.25, 0.3) is 56.5 Å². The van der Waals surface area contributed by atoms with Crippen LogP contribution in [0.3, 0.4) is 0 Å². The van der Waals surface area contributed by atoms with Crippen LogP contribution in [0.4, 0.5) is 26.4 Å². The fraction of sp³-hybridized carbons (Fsp3) is 0.216. The largest absolute Gasteiger partial charge is 0.491 e. The van der Waals surface area contributed by atoms with Crippen molar-refractivity contribution in [1.29, 1.82) is 0 Å². The number of carbonyl (C=O) groups excluding carboxylic acids is 1. The molecule has 386 valence electrons. The van der Waals surface area contributed by atoms with E-state index in [0.29, 0.717) is 78.8 Å². The highest BCUT2D eigenvalue weighted by atomic mass is 19.1. The summed E-state index contributed by atoms with van der Waals surface area (Å²) in [6, 6.07) is 26.5. The molecule has 8 aromatic heterocycles. The van der Waals surface area contributed by atoms with E-state index in [0.717, 1.165) is 16.1 Å². The molecule has 1 saturated heterocycles. The number of amides is 1. The van der Waals surface area contributed by atoms with Crippen LogP contribution in [0.1, 0.15) is 25.0 Å². The van der Waals surface area contributed by atoms with Gasteiger partial charge >= 0.3 is 5.97 Å². The minimum Gasteiger partial charge on any atom is -0.491 e. The van der Waals surface area contributed by atoms with Crippen molar-refractivity contribution in [3.8, 4) is 28.9 Å². The monoisotopic (exact) mass is 1030 g/mol. The van der Waals surface area contributed by atoms with Crippen LogP contribution in [0.2, 0.25) is 0 Å². The maximum absolute atomic E-state index is 15.6. The number of hydrogen-bond donors (Lipinski definition) is 3. The Balaban J connectivity index is 0.000000177. The predicted molar refractivity (Wildman–Crippen MR) is 271 cm³/mol. The Kier molecular flexibility index (Phi) is 12.3. The van der Waals surface area contributed by atoms with Crippen molar-refractivity contribution < 1.29 is 41.8 Å². The van der Waals surface area contributed by atoms with Crippen LogP contribution in [0.15, 0.2) is 131 Å². The van der Waals surface area contributed by atoms with E-state index in [4.69, 9.17) is 29.8 Å². The second-order valence-corrected chi connectivity index (χ2v) is 17.8. The summed E-state index contributed by atoms with van der Waals surface area (Å²) in [4.78, 5) is 48.7. The van der Waals surface area contributed by atoms with Crippen molar-refractivity contribution in [3.63, 3.8) is 0 Å². The minimum atomic E-state index is -1.88. The summed E-state index contributed by atoms with van der Waals surface area (Å²) in [5.74, 6) is -0.600. The number of fused-ring (bicyclic) bond motifs is 6. The van der Waals surface area contributed by atoms with Gasteiger partial charge in [-0.3, -0.25) is 4.79 Å². The van der Waals surface area contributed by atoms with Crippen molar-refractivity contribution >= 4 is 62.8 Å². The van der Waals surface area contributed by atoms with E-state index in [1.807, 2.05) is 24.3 Å². The number of furan rings is 2. The molecule has 1 amide bonds. The number of carbonyl (C=O) groups is 2. The van der Waals surface area contributed by atoms with Gasteiger partial charge < -0.3 is 44.7 Å². The van der Waals surface area contributed by atoms with E-state index in [-0.39, 0.29) is 46.0 Å². The minimum absolute atomic E-state index is 0.0293. The maximum atomic E-state index is 15.6. The number of piperazine rings is 1. The molecule has 1 aliphatic rings. The molecule has 25 heteroatoms. The molecular weight excluding hydrogens is 987 g/mol. The smallest absolute Gasteiger partial charge is 0.336 e. The molecule has 2 atom stereocenters. The quantitative estimate of drug-likeness (QED) is 0.113. The number of rotatable bonds is 13. The number of nitrogens with zero attached hydrogens (tertiary/aromatic N) is 14. The van der Waals surface area contributed by atoms with Crippen molar-refractivity contribution in [3.05, 3.63) is 145 Å². The summed E-state index contributed by atoms with van der Waals surface area (Å²) in [5, 5.41) is 28.5. The van der Waals surface area contributed by atoms with Gasteiger partial charge in [-0.15, -0.1) is 10.2 Å². The van der Waals surface area contributed by atoms with Gasteiger partial charge in [0.1, 0.15) is 24.0 Å². The number of carboxylic acids is 1. The molecule has 23 nitrogen and oxygen atoms in total. The van der Waals surface area contributed by atoms with Crippen molar-refractivity contribution in [2.24, 2.45) is 0 Å². The normalized spacial score (nSPS) is 14.5. The first-order valence-electron chi connectivity index (χ1n) is 23.7. The fourth-order valence-corrected chi connectivity index (χ4v) is 9.32. The third kappa shape index (κ3) is 8.17. The molecule has 11 aromatic rings. The van der Waals surface area contributed by atoms with E-state index in [1.54, 1.807) is 73.7 Å². The van der Waals surface area contributed by atoms with Crippen LogP contribution in [-0.2, 0) is 25.4 Å². The molecule has 1 fully saturated rings. The van der Waals surface area contributed by atoms with Gasteiger partial charge in [0.15, 0.2) is 45.2 Å². The van der Waals surface area contributed by atoms with E-state index in [9.17, 15) is 19.1 Å². The number of carboxylic acid groups (broad SMARTS) is 1. The van der Waals surface area contributed by atoms with Gasteiger partial charge in [-0.05, 0) is 74.5 Å². The first kappa shape index (κ1) is 48.5. The molecule has 76 heavy (non-hydrogen) atoms. The van der Waals surface area contributed by atoms with E-state index >= 15 is 4.39 Å². The fourth-order valence-electron chi connectivity index (χ4n) is 9.32. The first-order valence-corrected chi connectivity index (χ1v) is 23.7. The SMILES string of the molecule is CC(C(=O)O)(c1ccccc1F)n1ncc2c1nc(N)n1nc(-c3ccco3)nc21.COCCOc1ccc(N2CCN(C(=O)C(C)(c3ccccc3F)n3ncc4c3nc(N)n3nc(-c5ccco5)nc43)CC2)cc1. The van der Waals surface area contributed by atoms with Crippen LogP contribution in [0.5, 0.6) is 5.75 Å². The summed E-state index contributed by atoms with van der Waals surface area (Å²) in [6.07, 6.45) is 5.96. The summed E-state index contributed by atoms with van der Waals surface area (Å²) >= 11 is 0. The Bertz CT molecular complexity index is 3920. The third-order valence-corrected chi connectivity index (χ3v) is 13.3. The lowest BCUT2D eigenvalue weighted by Crippen LogP contribution is -2.56. The van der Waals surface area contributed by atoms with E-state index in [2.05, 4.69) is 45.2 Å². The average molecular weight is 1030 g/mol. The number of aliphatic carboxylic acids is 1. The van der Waals surface area contributed by atoms with Gasteiger partial charge in [0.25, 0.3) is 5.91 Å². The Hall–Kier alpha value is -9.78. The number of nitrogens with two attached hydrogens (primary N) is 2. The highest BCUT2D eigenvalue weighted by Crippen LogP contribution is 2.36. The Morgan fingerprint density at radius 2 is 1.14 bits per heavy atom. The van der Waals surface area contributed by atoms with Crippen molar-refractivity contribution in [2.45, 2.75) is 24.9 Å². The summed E-state index contributed by atoms with van der Waals surface area (Å²) < 4.78 is 56.9. The molecule has 0 radical (unpaired) electrons. The summed E-state index contributed by atoms with van der Waals surface area (Å²) in [7, 11) is 1.63. The van der Waals surface area contributed by atoms with Crippen LogP contribution >= 0.6 is 0 Å². The van der Waals surface area contributed by atoms with Crippen LogP contribution in [0, 0.1) is 11.6 Å². The number of aromatic nitrogens is 12. The average Bonchev–Trinajstić information content (AvgIpc) is 4.32. The van der Waals surface area contributed by atoms with Gasteiger partial charge in [0.2, 0.25) is 23.5 Å². The number of benzene rings is 3. The zero-order chi connectivity index (χ0) is 52.9. The second-order valence-electron chi connectivity index (χ2n) is 17.8. The lowest BCUT2D eigenvalue weighted by atomic mass is 9.89. The van der Waals surface area contributed by atoms with E-state index < -0.39 is 28.7 Å². The number of methoxy groups -OCH3 is 1. The molecular formula is C51H46F2N16O7. The van der Waals surface area contributed by atoms with Crippen LogP contribution < -0.4 is 21.1 Å². The van der Waals surface area contributed by atoms with Gasteiger partial charge in [-0.2, -0.15) is 29.2 Å². The topological polar surface area (TPSA) is 279 Å². The molecule has 0 saturated carbocycles. The second kappa shape index (κ2) is 19.2. The Labute approximate surface area is 428 Å². The standard InChI is InChI=1S/C32H32FN9O4.C19H14FN7O3/c1-32(24-6-3-4-7-25(24)33,30(43)40-15-13-39(14-16-40)21-9-11-22(12-10-21)45-19-18-44-2)42-29-23(20-35-42)28-36-27(26-8-5-17-46-26)38-41(28)31(34)37-29;1-19(17(28)29,11-5-2-3-6-12(11)20)27-16-10(9-22-27)15-23-14(13-7-4-8-30-13)25-26(15)18(21)24-16/h3-12,17,20H,13-16,18-19H2,1-2H3,(H2,34,37);2-9H,1H3,(H2,21,24)(H,28,29). The number of ether oxygens (including phenoxy) is 2. The maximum Gasteiger partial charge on any atom is 0.336 e. The third-order valence-electron chi connectivity index (χ3n) is 13.3. The lowest BCUT2D eigenvalue weighted by Gasteiger charge is -2.41. The zero-order valence-electron chi connectivity index (χ0n) is 40.9. The molecule has 1 aliphatic heterocycles. The summed E-state index contributed by atoms with van der Waals surface area (Å²) in [5.41, 5.74) is 11.1. The first-order chi connectivity index (χ1) is 36.8. The van der Waals surface area contributed by atoms with Crippen LogP contribution in [-0.4, -0.2) is 127 Å². The van der Waals surface area contributed by atoms with Gasteiger partial charge in [-0.25, -0.2) is 32.9 Å². The molecule has 0 spiro atoms. The van der Waals surface area contributed by atoms with Crippen molar-refractivity contribution in [2.75, 3.05) is 62.9 Å². The highest BCUT2D eigenvalue weighted by molar-refractivity contribution is 5.95. The Morgan fingerprint density at radius 3 is 1.62 bits per heavy atom. The van der Waals surface area contributed by atoms with Gasteiger partial charge in [0, 0.05) is 50.1 Å². The van der Waals surface area contributed by atoms with E-state index in [1.165, 1.54) is 63.6 Å². The predicted octanol–water partition coefficient (Wildman–Crippen LogP) is 5.90. The Morgan fingerprint density at radius 1 is 0.645 bits per heavy atom.